The Morgan fingerprint density at radius 2 is 2.10 bits per heavy atom. The van der Waals surface area contributed by atoms with Gasteiger partial charge in [-0.15, -0.1) is 0 Å². The molecule has 0 bridgehead atoms. The van der Waals surface area contributed by atoms with Gasteiger partial charge in [0.25, 0.3) is 5.91 Å². The van der Waals surface area contributed by atoms with E-state index in [1.54, 1.807) is 13.0 Å². The van der Waals surface area contributed by atoms with Crippen LogP contribution in [0, 0.1) is 6.92 Å². The van der Waals surface area contributed by atoms with Crippen molar-refractivity contribution in [1.29, 1.82) is 0 Å². The molecule has 0 unspecified atom stereocenters. The van der Waals surface area contributed by atoms with E-state index in [2.05, 4.69) is 17.4 Å². The molecular weight excluding hydrogens is 288 g/mol. The molecule has 0 aliphatic rings. The van der Waals surface area contributed by atoms with Gasteiger partial charge >= 0.3 is 0 Å². The summed E-state index contributed by atoms with van der Waals surface area (Å²) in [6.07, 6.45) is 3.18. The van der Waals surface area contributed by atoms with Gasteiger partial charge in [0.1, 0.15) is 17.0 Å². The first-order chi connectivity index (χ1) is 10.1. The zero-order chi connectivity index (χ0) is 15.2. The van der Waals surface area contributed by atoms with Gasteiger partial charge in [0.2, 0.25) is 0 Å². The van der Waals surface area contributed by atoms with Crippen LogP contribution in [-0.2, 0) is 0 Å². The van der Waals surface area contributed by atoms with Gasteiger partial charge in [0.15, 0.2) is 0 Å². The smallest absolute Gasteiger partial charge is 0.257 e. The summed E-state index contributed by atoms with van der Waals surface area (Å²) < 4.78 is 5.18. The van der Waals surface area contributed by atoms with Gasteiger partial charge in [-0.05, 0) is 19.4 Å². The number of amides is 1. The second-order valence-corrected chi connectivity index (χ2v) is 5.31. The number of carbonyl (C=O) groups is 1. The van der Waals surface area contributed by atoms with E-state index < -0.39 is 0 Å². The lowest BCUT2D eigenvalue weighted by molar-refractivity contribution is 0.0952. The highest BCUT2D eigenvalue weighted by Gasteiger charge is 2.22. The summed E-state index contributed by atoms with van der Waals surface area (Å²) in [5.41, 5.74) is 1.65. The third-order valence-electron chi connectivity index (χ3n) is 3.28. The molecule has 0 spiro atoms. The Kier molecular flexibility index (Phi) is 5.39. The van der Waals surface area contributed by atoms with Gasteiger partial charge in [0, 0.05) is 12.1 Å². The monoisotopic (exact) mass is 306 g/mol. The van der Waals surface area contributed by atoms with Crippen LogP contribution in [0.3, 0.4) is 0 Å². The number of carbonyl (C=O) groups excluding carboxylic acids is 1. The molecule has 4 nitrogen and oxygen atoms in total. The lowest BCUT2D eigenvalue weighted by Crippen LogP contribution is -2.25. The van der Waals surface area contributed by atoms with E-state index in [-0.39, 0.29) is 5.91 Å². The first-order valence-electron chi connectivity index (χ1n) is 7.14. The molecule has 2 aromatic rings. The SMILES string of the molecule is CCCCCNC(=O)c1c(-c2ccccc2Cl)noc1C. The fraction of sp³-hybridized carbons (Fsp3) is 0.375. The Hall–Kier alpha value is -1.81. The summed E-state index contributed by atoms with van der Waals surface area (Å²) in [5.74, 6) is 0.331. The maximum Gasteiger partial charge on any atom is 0.257 e. The molecule has 0 fully saturated rings. The van der Waals surface area contributed by atoms with Crippen molar-refractivity contribution >= 4 is 17.5 Å². The molecular formula is C16H19ClN2O2. The summed E-state index contributed by atoms with van der Waals surface area (Å²) in [4.78, 5) is 12.3. The van der Waals surface area contributed by atoms with Crippen molar-refractivity contribution in [3.05, 3.63) is 40.6 Å². The minimum Gasteiger partial charge on any atom is -0.360 e. The molecule has 0 radical (unpaired) electrons. The van der Waals surface area contributed by atoms with Crippen LogP contribution in [-0.4, -0.2) is 17.6 Å². The number of halogens is 1. The van der Waals surface area contributed by atoms with Crippen LogP contribution < -0.4 is 5.32 Å². The molecule has 112 valence electrons. The van der Waals surface area contributed by atoms with Gasteiger partial charge in [-0.1, -0.05) is 54.7 Å². The molecule has 1 aromatic carbocycles. The fourth-order valence-electron chi connectivity index (χ4n) is 2.14. The molecule has 0 aliphatic heterocycles. The number of rotatable bonds is 6. The summed E-state index contributed by atoms with van der Waals surface area (Å²) in [7, 11) is 0. The van der Waals surface area contributed by atoms with Gasteiger partial charge in [0.05, 0.1) is 5.02 Å². The predicted octanol–water partition coefficient (Wildman–Crippen LogP) is 4.22. The number of hydrogen-bond acceptors (Lipinski definition) is 3. The van der Waals surface area contributed by atoms with Gasteiger partial charge < -0.3 is 9.84 Å². The summed E-state index contributed by atoms with van der Waals surface area (Å²) in [6, 6.07) is 7.29. The normalized spacial score (nSPS) is 10.6. The van der Waals surface area contributed by atoms with Crippen molar-refractivity contribution in [2.45, 2.75) is 33.1 Å². The zero-order valence-electron chi connectivity index (χ0n) is 12.3. The van der Waals surface area contributed by atoms with Gasteiger partial charge in [-0.3, -0.25) is 4.79 Å². The third kappa shape index (κ3) is 3.64. The Morgan fingerprint density at radius 1 is 1.33 bits per heavy atom. The minimum absolute atomic E-state index is 0.167. The molecule has 1 amide bonds. The molecule has 5 heteroatoms. The number of benzene rings is 1. The molecule has 1 N–H and O–H groups in total. The number of nitrogens with one attached hydrogen (secondary N) is 1. The van der Waals surface area contributed by atoms with Crippen molar-refractivity contribution in [1.82, 2.24) is 10.5 Å². The van der Waals surface area contributed by atoms with Crippen LogP contribution in [0.5, 0.6) is 0 Å². The van der Waals surface area contributed by atoms with Crippen LogP contribution in [0.4, 0.5) is 0 Å². The van der Waals surface area contributed by atoms with E-state index in [1.807, 2.05) is 18.2 Å². The van der Waals surface area contributed by atoms with Crippen LogP contribution in [0.15, 0.2) is 28.8 Å². The highest BCUT2D eigenvalue weighted by Crippen LogP contribution is 2.30. The van der Waals surface area contributed by atoms with Crippen LogP contribution in [0.2, 0.25) is 5.02 Å². The average molecular weight is 307 g/mol. The second kappa shape index (κ2) is 7.27. The Labute approximate surface area is 129 Å². The lowest BCUT2D eigenvalue weighted by Gasteiger charge is -2.06. The maximum atomic E-state index is 12.3. The number of unbranched alkanes of at least 4 members (excludes halogenated alkanes) is 2. The Morgan fingerprint density at radius 3 is 2.81 bits per heavy atom. The van der Waals surface area contributed by atoms with E-state index in [4.69, 9.17) is 16.1 Å². The van der Waals surface area contributed by atoms with Crippen LogP contribution in [0.1, 0.15) is 42.3 Å². The highest BCUT2D eigenvalue weighted by molar-refractivity contribution is 6.33. The molecule has 0 saturated heterocycles. The van der Waals surface area contributed by atoms with E-state index in [0.717, 1.165) is 19.3 Å². The molecule has 0 saturated carbocycles. The number of hydrogen-bond donors (Lipinski definition) is 1. The average Bonchev–Trinajstić information content (AvgIpc) is 2.85. The van der Waals surface area contributed by atoms with E-state index in [0.29, 0.717) is 34.1 Å². The Balaban J connectivity index is 2.22. The molecule has 2 rings (SSSR count). The summed E-state index contributed by atoms with van der Waals surface area (Å²) in [6.45, 7) is 4.51. The van der Waals surface area contributed by atoms with Gasteiger partial charge in [-0.25, -0.2) is 0 Å². The zero-order valence-corrected chi connectivity index (χ0v) is 13.0. The van der Waals surface area contributed by atoms with Crippen molar-refractivity contribution in [3.63, 3.8) is 0 Å². The topological polar surface area (TPSA) is 55.1 Å². The Bertz CT molecular complexity index is 622. The minimum atomic E-state index is -0.167. The van der Waals surface area contributed by atoms with Crippen molar-refractivity contribution in [2.24, 2.45) is 0 Å². The van der Waals surface area contributed by atoms with Crippen molar-refractivity contribution < 1.29 is 9.32 Å². The standard InChI is InChI=1S/C16H19ClN2O2/c1-3-4-7-10-18-16(20)14-11(2)21-19-15(14)12-8-5-6-9-13(12)17/h5-6,8-9H,3-4,7,10H2,1-2H3,(H,18,20). The molecule has 1 heterocycles. The first-order valence-corrected chi connectivity index (χ1v) is 7.52. The van der Waals surface area contributed by atoms with E-state index >= 15 is 0 Å². The van der Waals surface area contributed by atoms with Gasteiger partial charge in [-0.2, -0.15) is 0 Å². The molecule has 0 atom stereocenters. The van der Waals surface area contributed by atoms with E-state index in [1.165, 1.54) is 0 Å². The van der Waals surface area contributed by atoms with E-state index in [9.17, 15) is 4.79 Å². The van der Waals surface area contributed by atoms with Crippen molar-refractivity contribution in [2.75, 3.05) is 6.54 Å². The third-order valence-corrected chi connectivity index (χ3v) is 3.61. The molecule has 1 aromatic heterocycles. The summed E-state index contributed by atoms with van der Waals surface area (Å²) >= 11 is 6.18. The number of nitrogens with zero attached hydrogens (tertiary/aromatic N) is 1. The molecule has 0 aliphatic carbocycles. The predicted molar refractivity (Wildman–Crippen MR) is 83.5 cm³/mol. The number of aryl methyl sites for hydroxylation is 1. The first kappa shape index (κ1) is 15.6. The lowest BCUT2D eigenvalue weighted by atomic mass is 10.1. The molecule has 21 heavy (non-hydrogen) atoms. The largest absolute Gasteiger partial charge is 0.360 e. The summed E-state index contributed by atoms with van der Waals surface area (Å²) in [5, 5.41) is 7.45. The quantitative estimate of drug-likeness (QED) is 0.813. The fourth-order valence-corrected chi connectivity index (χ4v) is 2.37. The number of aromatic nitrogens is 1. The second-order valence-electron chi connectivity index (χ2n) is 4.91. The van der Waals surface area contributed by atoms with Crippen LogP contribution >= 0.6 is 11.6 Å². The maximum absolute atomic E-state index is 12.3. The van der Waals surface area contributed by atoms with Crippen LogP contribution in [0.25, 0.3) is 11.3 Å². The highest BCUT2D eigenvalue weighted by atomic mass is 35.5. The van der Waals surface area contributed by atoms with Crippen molar-refractivity contribution in [3.8, 4) is 11.3 Å².